The number of aromatic nitrogens is 3. The van der Waals surface area contributed by atoms with Gasteiger partial charge in [0.25, 0.3) is 17.0 Å². The topological polar surface area (TPSA) is 68.9 Å². The Hall–Kier alpha value is -3.10. The molecule has 4 rings (SSSR count). The number of halogens is 3. The van der Waals surface area contributed by atoms with E-state index in [1.54, 1.807) is 26.0 Å². The average molecular weight is 446 g/mol. The standard InChI is InChI=1S/C23H25F3N4O2/c1-13-15(6-5-7-18(13)22(3,25)26)14(2)27-20-17-11-30(23(12-24)8-9-23)19(31)10-16(17)21(32)29(4)28-20/h5-7,10-11,14H,8-9,12H2,1-4H3,(H,27,28)/t14-/m1/s1. The molecule has 0 saturated heterocycles. The van der Waals surface area contributed by atoms with Gasteiger partial charge in [0.05, 0.1) is 17.0 Å². The fourth-order valence-electron chi connectivity index (χ4n) is 4.26. The Bertz CT molecular complexity index is 1320. The smallest absolute Gasteiger partial charge is 0.274 e. The maximum absolute atomic E-state index is 14.0. The molecule has 0 aliphatic heterocycles. The third-order valence-corrected chi connectivity index (χ3v) is 6.34. The van der Waals surface area contributed by atoms with Gasteiger partial charge in [-0.2, -0.15) is 5.10 Å². The Balaban J connectivity index is 1.83. The lowest BCUT2D eigenvalue weighted by Crippen LogP contribution is -2.33. The van der Waals surface area contributed by atoms with Gasteiger partial charge in [-0.3, -0.25) is 9.59 Å². The van der Waals surface area contributed by atoms with E-state index in [0.717, 1.165) is 11.6 Å². The summed E-state index contributed by atoms with van der Waals surface area (Å²) in [6.45, 7) is 3.63. The van der Waals surface area contributed by atoms with Gasteiger partial charge in [0, 0.05) is 37.2 Å². The molecule has 0 amide bonds. The van der Waals surface area contributed by atoms with Gasteiger partial charge in [0.2, 0.25) is 0 Å². The van der Waals surface area contributed by atoms with Crippen LogP contribution in [0.15, 0.2) is 40.1 Å². The van der Waals surface area contributed by atoms with E-state index in [1.165, 1.54) is 29.9 Å². The van der Waals surface area contributed by atoms with Crippen LogP contribution in [0.4, 0.5) is 19.0 Å². The molecule has 2 heterocycles. The molecule has 0 unspecified atom stereocenters. The van der Waals surface area contributed by atoms with Crippen molar-refractivity contribution >= 4 is 16.6 Å². The van der Waals surface area contributed by atoms with Crippen LogP contribution in [0.25, 0.3) is 10.8 Å². The summed E-state index contributed by atoms with van der Waals surface area (Å²) in [7, 11) is 1.47. The first-order chi connectivity index (χ1) is 15.0. The molecule has 1 saturated carbocycles. The molecule has 0 bridgehead atoms. The molecule has 2 aromatic heterocycles. The van der Waals surface area contributed by atoms with Crippen molar-refractivity contribution < 1.29 is 13.2 Å². The lowest BCUT2D eigenvalue weighted by Gasteiger charge is -2.23. The second-order valence-electron chi connectivity index (χ2n) is 8.72. The van der Waals surface area contributed by atoms with Gasteiger partial charge in [0.1, 0.15) is 6.67 Å². The van der Waals surface area contributed by atoms with E-state index in [2.05, 4.69) is 10.4 Å². The first-order valence-corrected chi connectivity index (χ1v) is 10.4. The number of nitrogens with zero attached hydrogens (tertiary/aromatic N) is 3. The number of alkyl halides is 3. The number of anilines is 1. The fraction of sp³-hybridized carbons (Fsp3) is 0.435. The predicted molar refractivity (Wildman–Crippen MR) is 117 cm³/mol. The van der Waals surface area contributed by atoms with Crippen LogP contribution in [0.3, 0.4) is 0 Å². The molecule has 1 aromatic carbocycles. The molecule has 170 valence electrons. The first-order valence-electron chi connectivity index (χ1n) is 10.4. The number of nitrogens with one attached hydrogen (secondary N) is 1. The lowest BCUT2D eigenvalue weighted by molar-refractivity contribution is 0.0167. The summed E-state index contributed by atoms with van der Waals surface area (Å²) in [5.41, 5.74) is -0.703. The van der Waals surface area contributed by atoms with Crippen molar-refractivity contribution in [3.8, 4) is 0 Å². The van der Waals surface area contributed by atoms with Crippen molar-refractivity contribution in [1.82, 2.24) is 14.3 Å². The fourth-order valence-corrected chi connectivity index (χ4v) is 4.26. The zero-order valence-electron chi connectivity index (χ0n) is 18.4. The summed E-state index contributed by atoms with van der Waals surface area (Å²) in [5, 5.41) is 8.05. The van der Waals surface area contributed by atoms with Crippen molar-refractivity contribution in [1.29, 1.82) is 0 Å². The van der Waals surface area contributed by atoms with Gasteiger partial charge >= 0.3 is 0 Å². The van der Waals surface area contributed by atoms with E-state index in [-0.39, 0.29) is 10.9 Å². The number of rotatable bonds is 6. The quantitative estimate of drug-likeness (QED) is 0.618. The van der Waals surface area contributed by atoms with Crippen LogP contribution in [0.5, 0.6) is 0 Å². The van der Waals surface area contributed by atoms with Crippen molar-refractivity contribution in [3.05, 3.63) is 67.9 Å². The van der Waals surface area contributed by atoms with Gasteiger partial charge in [-0.25, -0.2) is 17.9 Å². The van der Waals surface area contributed by atoms with E-state index in [0.29, 0.717) is 35.2 Å². The Kier molecular flexibility index (Phi) is 5.18. The molecule has 6 nitrogen and oxygen atoms in total. The van der Waals surface area contributed by atoms with Crippen LogP contribution in [-0.2, 0) is 18.5 Å². The van der Waals surface area contributed by atoms with Gasteiger partial charge in [-0.15, -0.1) is 0 Å². The monoisotopic (exact) mass is 446 g/mol. The van der Waals surface area contributed by atoms with Crippen LogP contribution >= 0.6 is 0 Å². The molecule has 0 radical (unpaired) electrons. The minimum atomic E-state index is -2.98. The maximum atomic E-state index is 14.0. The third-order valence-electron chi connectivity index (χ3n) is 6.34. The third kappa shape index (κ3) is 3.59. The molecule has 0 spiro atoms. The van der Waals surface area contributed by atoms with Gasteiger partial charge in [-0.1, -0.05) is 18.2 Å². The number of fused-ring (bicyclic) bond motifs is 1. The predicted octanol–water partition coefficient (Wildman–Crippen LogP) is 4.15. The van der Waals surface area contributed by atoms with Crippen LogP contribution in [0, 0.1) is 6.92 Å². The highest BCUT2D eigenvalue weighted by Crippen LogP contribution is 2.43. The SMILES string of the molecule is Cc1c([C@@H](C)Nc2nn(C)c(=O)c3cc(=O)n(C4(CF)CC4)cc23)cccc1C(C)(F)F. The Labute approximate surface area is 182 Å². The van der Waals surface area contributed by atoms with E-state index in [4.69, 9.17) is 0 Å². The van der Waals surface area contributed by atoms with E-state index in [9.17, 15) is 22.8 Å². The first kappa shape index (κ1) is 22.1. The van der Waals surface area contributed by atoms with Crippen LogP contribution < -0.4 is 16.4 Å². The molecular weight excluding hydrogens is 421 g/mol. The van der Waals surface area contributed by atoms with E-state index >= 15 is 0 Å². The Morgan fingerprint density at radius 1 is 1.25 bits per heavy atom. The molecule has 1 aliphatic rings. The zero-order valence-corrected chi connectivity index (χ0v) is 18.4. The number of aryl methyl sites for hydroxylation is 1. The summed E-state index contributed by atoms with van der Waals surface area (Å²) in [4.78, 5) is 25.2. The zero-order chi connectivity index (χ0) is 23.4. The number of benzene rings is 1. The molecule has 9 heteroatoms. The summed E-state index contributed by atoms with van der Waals surface area (Å²) in [6, 6.07) is 5.52. The van der Waals surface area contributed by atoms with Crippen LogP contribution in [0.1, 0.15) is 49.4 Å². The summed E-state index contributed by atoms with van der Waals surface area (Å²) in [5.74, 6) is -2.67. The minimum absolute atomic E-state index is 0.0608. The van der Waals surface area contributed by atoms with Crippen molar-refractivity contribution in [3.63, 3.8) is 0 Å². The normalized spacial score (nSPS) is 16.2. The summed E-state index contributed by atoms with van der Waals surface area (Å²) < 4.78 is 44.1. The number of hydrogen-bond donors (Lipinski definition) is 1. The highest BCUT2D eigenvalue weighted by molar-refractivity contribution is 5.90. The highest BCUT2D eigenvalue weighted by Gasteiger charge is 2.45. The van der Waals surface area contributed by atoms with Crippen LogP contribution in [-0.4, -0.2) is 21.0 Å². The molecule has 1 fully saturated rings. The maximum Gasteiger partial charge on any atom is 0.274 e. The largest absolute Gasteiger partial charge is 0.362 e. The van der Waals surface area contributed by atoms with Crippen molar-refractivity contribution in [2.75, 3.05) is 12.0 Å². The molecule has 1 N–H and O–H groups in total. The van der Waals surface area contributed by atoms with Gasteiger partial charge < -0.3 is 9.88 Å². The Morgan fingerprint density at radius 2 is 1.94 bits per heavy atom. The van der Waals surface area contributed by atoms with E-state index < -0.39 is 35.3 Å². The molecule has 3 aromatic rings. The second kappa shape index (κ2) is 7.50. The summed E-state index contributed by atoms with van der Waals surface area (Å²) >= 11 is 0. The average Bonchev–Trinajstić information content (AvgIpc) is 3.52. The molecule has 1 atom stereocenters. The number of pyridine rings is 1. The lowest BCUT2D eigenvalue weighted by atomic mass is 9.94. The highest BCUT2D eigenvalue weighted by atomic mass is 19.3. The van der Waals surface area contributed by atoms with Crippen LogP contribution in [0.2, 0.25) is 0 Å². The number of hydrogen-bond acceptors (Lipinski definition) is 4. The Morgan fingerprint density at radius 3 is 2.53 bits per heavy atom. The van der Waals surface area contributed by atoms with Gasteiger partial charge in [-0.05, 0) is 37.8 Å². The van der Waals surface area contributed by atoms with Crippen molar-refractivity contribution in [2.45, 2.75) is 51.1 Å². The second-order valence-corrected chi connectivity index (χ2v) is 8.72. The summed E-state index contributed by atoms with van der Waals surface area (Å²) in [6.07, 6.45) is 2.57. The molecular formula is C23H25F3N4O2. The van der Waals surface area contributed by atoms with Gasteiger partial charge in [0.15, 0.2) is 5.82 Å². The minimum Gasteiger partial charge on any atom is -0.362 e. The van der Waals surface area contributed by atoms with Crippen molar-refractivity contribution in [2.24, 2.45) is 7.05 Å². The molecule has 1 aliphatic carbocycles. The molecule has 32 heavy (non-hydrogen) atoms. The van der Waals surface area contributed by atoms with E-state index in [1.807, 2.05) is 0 Å².